The second-order valence-electron chi connectivity index (χ2n) is 10.5. The van der Waals surface area contributed by atoms with E-state index in [2.05, 4.69) is 147 Å². The summed E-state index contributed by atoms with van der Waals surface area (Å²) in [6, 6.07) is 26.2. The first-order valence-electron chi connectivity index (χ1n) is 14.3. The molecule has 4 nitrogen and oxygen atoms in total. The van der Waals surface area contributed by atoms with Gasteiger partial charge in [-0.3, -0.25) is 0 Å². The lowest BCUT2D eigenvalue weighted by Gasteiger charge is -2.03. The molecule has 0 radical (unpaired) electrons. The van der Waals surface area contributed by atoms with Crippen LogP contribution >= 0.6 is 0 Å². The highest BCUT2D eigenvalue weighted by atomic mass is 14.9. The van der Waals surface area contributed by atoms with Gasteiger partial charge in [-0.05, 0) is 40.7 Å². The Balaban J connectivity index is 1.02. The number of rotatable bonds is 12. The summed E-state index contributed by atoms with van der Waals surface area (Å²) >= 11 is 0. The third-order valence-electron chi connectivity index (χ3n) is 7.48. The normalized spacial score (nSPS) is 10.9. The van der Waals surface area contributed by atoms with Crippen molar-refractivity contribution in [2.75, 3.05) is 0 Å². The van der Waals surface area contributed by atoms with E-state index in [-0.39, 0.29) is 0 Å². The minimum Gasteiger partial charge on any atom is -0.208 e. The van der Waals surface area contributed by atoms with Gasteiger partial charge < -0.3 is 0 Å². The molecule has 0 bridgehead atoms. The lowest BCUT2D eigenvalue weighted by Crippen LogP contribution is -2.33. The lowest BCUT2D eigenvalue weighted by molar-refractivity contribution is -0.698. The van der Waals surface area contributed by atoms with E-state index in [0.29, 0.717) is 0 Å². The van der Waals surface area contributed by atoms with E-state index < -0.39 is 0 Å². The maximum absolute atomic E-state index is 3.83. The summed E-state index contributed by atoms with van der Waals surface area (Å²) in [7, 11) is 2.05. The summed E-state index contributed by atoms with van der Waals surface area (Å²) in [4.78, 5) is 0. The second-order valence-corrected chi connectivity index (χ2v) is 10.5. The van der Waals surface area contributed by atoms with Gasteiger partial charge in [0.05, 0.1) is 0 Å². The molecule has 40 heavy (non-hydrogen) atoms. The largest absolute Gasteiger partial charge is 0.208 e. The van der Waals surface area contributed by atoms with Gasteiger partial charge in [0.15, 0.2) is 56.1 Å². The number of hydrogen-bond donors (Lipinski definition) is 0. The monoisotopic (exact) mass is 528 g/mol. The average Bonchev–Trinajstić information content (AvgIpc) is 3.01. The number of unbranched alkanes of at least 4 members (excludes halogenated alkanes) is 3. The molecule has 4 aromatic heterocycles. The number of aromatic nitrogens is 4. The molecule has 0 unspecified atom stereocenters. The maximum atomic E-state index is 3.83. The van der Waals surface area contributed by atoms with Gasteiger partial charge in [-0.1, -0.05) is 36.9 Å². The molecule has 0 N–H and O–H groups in total. The van der Waals surface area contributed by atoms with Crippen LogP contribution in [0.2, 0.25) is 0 Å². The summed E-state index contributed by atoms with van der Waals surface area (Å²) in [5.41, 5.74) is 7.46. The summed E-state index contributed by atoms with van der Waals surface area (Å²) in [5, 5.41) is 0. The van der Waals surface area contributed by atoms with Crippen LogP contribution in [0.15, 0.2) is 129 Å². The van der Waals surface area contributed by atoms with Gasteiger partial charge in [-0.2, -0.15) is 0 Å². The van der Waals surface area contributed by atoms with Crippen molar-refractivity contribution in [1.29, 1.82) is 0 Å². The van der Waals surface area contributed by atoms with Crippen LogP contribution in [-0.2, 0) is 26.7 Å². The van der Waals surface area contributed by atoms with E-state index in [9.17, 15) is 0 Å². The molecule has 0 atom stereocenters. The third kappa shape index (κ3) is 7.57. The fraction of sp³-hybridized carbons (Fsp3) is 0.222. The van der Waals surface area contributed by atoms with Gasteiger partial charge in [0, 0.05) is 66.9 Å². The van der Waals surface area contributed by atoms with Gasteiger partial charge in [0.2, 0.25) is 0 Å². The number of pyridine rings is 4. The van der Waals surface area contributed by atoms with Gasteiger partial charge in [0.1, 0.15) is 20.1 Å². The lowest BCUT2D eigenvalue weighted by atomic mass is 10.1. The quantitative estimate of drug-likeness (QED) is 0.147. The first-order valence-corrected chi connectivity index (χ1v) is 14.3. The number of benzene rings is 1. The Bertz CT molecular complexity index is 1490. The summed E-state index contributed by atoms with van der Waals surface area (Å²) in [5.74, 6) is 0. The Kier molecular flexibility index (Phi) is 9.21. The topological polar surface area (TPSA) is 15.5 Å². The summed E-state index contributed by atoms with van der Waals surface area (Å²) < 4.78 is 8.88. The predicted molar refractivity (Wildman–Crippen MR) is 160 cm³/mol. The standard InChI is InChI=1S/C36H40N4/c1-3-31-8-10-32(11-9-31)30-40-28-18-36(19-29-40)35-16-26-39(27-17-35)21-7-5-4-6-20-38-24-14-34(15-25-38)33-12-22-37(2)23-13-33/h3,8-19,22-29H,1,4-7,20-21,30H2,2H3/q+4. The summed E-state index contributed by atoms with van der Waals surface area (Å²) in [6.45, 7) is 6.83. The van der Waals surface area contributed by atoms with Crippen LogP contribution in [0.25, 0.3) is 28.3 Å². The fourth-order valence-electron chi connectivity index (χ4n) is 4.96. The Morgan fingerprint density at radius 2 is 0.900 bits per heavy atom. The van der Waals surface area contributed by atoms with Crippen LogP contribution in [-0.4, -0.2) is 0 Å². The van der Waals surface area contributed by atoms with E-state index in [1.165, 1.54) is 53.5 Å². The van der Waals surface area contributed by atoms with Crippen LogP contribution in [0.4, 0.5) is 0 Å². The van der Waals surface area contributed by atoms with Crippen LogP contribution in [0.1, 0.15) is 36.8 Å². The van der Waals surface area contributed by atoms with E-state index in [1.54, 1.807) is 0 Å². The second kappa shape index (κ2) is 13.6. The van der Waals surface area contributed by atoms with Crippen molar-refractivity contribution in [2.24, 2.45) is 7.05 Å². The molecule has 4 heterocycles. The van der Waals surface area contributed by atoms with Crippen LogP contribution in [0.3, 0.4) is 0 Å². The van der Waals surface area contributed by atoms with Gasteiger partial charge in [0.25, 0.3) is 0 Å². The Hall–Kier alpha value is -4.44. The average molecular weight is 529 g/mol. The number of hydrogen-bond acceptors (Lipinski definition) is 0. The molecule has 0 saturated carbocycles. The van der Waals surface area contributed by atoms with Crippen LogP contribution < -0.4 is 18.3 Å². The molecule has 200 valence electrons. The van der Waals surface area contributed by atoms with E-state index in [1.807, 2.05) is 13.1 Å². The van der Waals surface area contributed by atoms with Crippen molar-refractivity contribution < 1.29 is 18.3 Å². The molecule has 0 aliphatic rings. The molecule has 5 aromatic rings. The zero-order chi connectivity index (χ0) is 27.6. The predicted octanol–water partition coefficient (Wildman–Crippen LogP) is 5.66. The molecule has 0 saturated heterocycles. The highest BCUT2D eigenvalue weighted by molar-refractivity contribution is 5.61. The van der Waals surface area contributed by atoms with Crippen molar-refractivity contribution >= 4 is 6.08 Å². The minimum atomic E-state index is 0.866. The highest BCUT2D eigenvalue weighted by Crippen LogP contribution is 2.17. The molecule has 0 aliphatic carbocycles. The zero-order valence-corrected chi connectivity index (χ0v) is 23.6. The molecule has 0 aliphatic heterocycles. The van der Waals surface area contributed by atoms with Crippen molar-refractivity contribution in [1.82, 2.24) is 0 Å². The van der Waals surface area contributed by atoms with Crippen molar-refractivity contribution in [3.8, 4) is 22.3 Å². The van der Waals surface area contributed by atoms with Crippen molar-refractivity contribution in [2.45, 2.75) is 45.3 Å². The molecule has 0 spiro atoms. The summed E-state index contributed by atoms with van der Waals surface area (Å²) in [6.07, 6.45) is 24.1. The molecule has 4 heteroatoms. The van der Waals surface area contributed by atoms with E-state index in [4.69, 9.17) is 0 Å². The molecule has 0 amide bonds. The molecule has 1 aromatic carbocycles. The molecule has 0 fully saturated rings. The Morgan fingerprint density at radius 1 is 0.500 bits per heavy atom. The van der Waals surface area contributed by atoms with E-state index >= 15 is 0 Å². The molecule has 5 rings (SSSR count). The highest BCUT2D eigenvalue weighted by Gasteiger charge is 2.08. The zero-order valence-electron chi connectivity index (χ0n) is 23.6. The maximum Gasteiger partial charge on any atom is 0.173 e. The molecular weight excluding hydrogens is 488 g/mol. The van der Waals surface area contributed by atoms with E-state index in [0.717, 1.165) is 25.2 Å². The van der Waals surface area contributed by atoms with Gasteiger partial charge >= 0.3 is 0 Å². The smallest absolute Gasteiger partial charge is 0.173 e. The minimum absolute atomic E-state index is 0.866. The number of aryl methyl sites for hydroxylation is 3. The van der Waals surface area contributed by atoms with Crippen LogP contribution in [0.5, 0.6) is 0 Å². The first kappa shape index (κ1) is 27.1. The van der Waals surface area contributed by atoms with Crippen LogP contribution in [0, 0.1) is 0 Å². The number of nitrogens with zero attached hydrogens (tertiary/aromatic N) is 4. The van der Waals surface area contributed by atoms with Crippen molar-refractivity contribution in [3.05, 3.63) is 140 Å². The SMILES string of the molecule is C=Cc1ccc(C[n+]2ccc(-c3cc[n+](CCCCCC[n+]4ccc(-c5cc[n+](C)cc5)cc4)cc3)cc2)cc1. The first-order chi connectivity index (χ1) is 19.7. The fourth-order valence-corrected chi connectivity index (χ4v) is 4.96. The Labute approximate surface area is 238 Å². The van der Waals surface area contributed by atoms with Crippen molar-refractivity contribution in [3.63, 3.8) is 0 Å². The van der Waals surface area contributed by atoms with Gasteiger partial charge in [-0.15, -0.1) is 0 Å². The third-order valence-corrected chi connectivity index (χ3v) is 7.48. The Morgan fingerprint density at radius 3 is 1.32 bits per heavy atom. The molecular formula is C36H40N4+4. The van der Waals surface area contributed by atoms with Gasteiger partial charge in [-0.25, -0.2) is 18.3 Å².